The molecule has 1 heterocycles. The second-order valence-electron chi connectivity index (χ2n) is 2.90. The average molecular weight is 241 g/mol. The molecule has 2 aromatic rings. The summed E-state index contributed by atoms with van der Waals surface area (Å²) in [7, 11) is 0. The molecule has 2 rings (SSSR count). The van der Waals surface area contributed by atoms with Crippen LogP contribution in [0.3, 0.4) is 0 Å². The molecule has 1 aromatic heterocycles. The van der Waals surface area contributed by atoms with Gasteiger partial charge < -0.3 is 14.8 Å². The van der Waals surface area contributed by atoms with Gasteiger partial charge in [0.25, 0.3) is 0 Å². The Morgan fingerprint density at radius 1 is 1.31 bits per heavy atom. The van der Waals surface area contributed by atoms with Gasteiger partial charge >= 0.3 is 51.4 Å². The molecule has 1 amide bonds. The Morgan fingerprint density at radius 2 is 2.00 bits per heavy atom. The summed E-state index contributed by atoms with van der Waals surface area (Å²) in [5, 5.41) is 7.11. The van der Waals surface area contributed by atoms with Gasteiger partial charge in [-0.3, -0.25) is 4.79 Å². The third kappa shape index (κ3) is 3.50. The third-order valence-electron chi connectivity index (χ3n) is 1.69. The van der Waals surface area contributed by atoms with Crippen LogP contribution >= 0.6 is 0 Å². The van der Waals surface area contributed by atoms with E-state index in [9.17, 15) is 4.79 Å². The fraction of sp³-hybridized carbons (Fsp3) is 0.100. The van der Waals surface area contributed by atoms with Crippen LogP contribution in [-0.4, -0.2) is 16.0 Å². The van der Waals surface area contributed by atoms with Crippen LogP contribution in [-0.2, 0) is 4.79 Å². The molecule has 0 aliphatic carbocycles. The molecule has 0 unspecified atom stereocenters. The zero-order valence-electron chi connectivity index (χ0n) is 9.04. The summed E-state index contributed by atoms with van der Waals surface area (Å²) >= 11 is 0. The molecule has 16 heavy (non-hydrogen) atoms. The normalized spacial score (nSPS) is 9.31. The number of aromatic nitrogens is 2. The first kappa shape index (κ1) is 13.5. The minimum atomic E-state index is -0.351. The predicted molar refractivity (Wildman–Crippen MR) is 53.4 cm³/mol. The topological polar surface area (TPSA) is 70.1 Å². The monoisotopic (exact) mass is 241 g/mol. The smallest absolute Gasteiger partial charge is 0.417 e. The van der Waals surface area contributed by atoms with E-state index in [4.69, 9.17) is 4.52 Å². The maximum Gasteiger partial charge on any atom is 1.00 e. The average Bonchev–Trinajstić information content (AvgIpc) is 2.67. The van der Waals surface area contributed by atoms with Gasteiger partial charge in [-0.05, 0) is 0 Å². The molecule has 0 atom stereocenters. The molecule has 0 N–H and O–H groups in total. The van der Waals surface area contributed by atoms with E-state index in [2.05, 4.69) is 15.5 Å². The quantitative estimate of drug-likeness (QED) is 0.651. The van der Waals surface area contributed by atoms with Gasteiger partial charge in [0, 0.05) is 12.5 Å². The molecule has 1 aromatic carbocycles. The van der Waals surface area contributed by atoms with E-state index in [-0.39, 0.29) is 63.2 Å². The third-order valence-corrected chi connectivity index (χ3v) is 1.69. The van der Waals surface area contributed by atoms with Crippen LogP contribution in [0, 0.1) is 0 Å². The number of hydrogen-bond acceptors (Lipinski definition) is 4. The molecule has 0 saturated heterocycles. The van der Waals surface area contributed by atoms with Crippen LogP contribution in [0.25, 0.3) is 16.8 Å². The van der Waals surface area contributed by atoms with E-state index in [0.29, 0.717) is 5.89 Å². The fourth-order valence-electron chi connectivity index (χ4n) is 1.10. The Labute approximate surface area is 135 Å². The van der Waals surface area contributed by atoms with Crippen molar-refractivity contribution >= 4 is 11.9 Å². The fourth-order valence-corrected chi connectivity index (χ4v) is 1.10. The number of benzene rings is 1. The minimum absolute atomic E-state index is 0. The van der Waals surface area contributed by atoms with Crippen molar-refractivity contribution in [2.75, 3.05) is 0 Å². The van der Waals surface area contributed by atoms with Crippen molar-refractivity contribution in [3.05, 3.63) is 35.6 Å². The van der Waals surface area contributed by atoms with E-state index < -0.39 is 0 Å². The molecule has 0 fully saturated rings. The van der Waals surface area contributed by atoms with E-state index >= 15 is 0 Å². The zero-order valence-corrected chi connectivity index (χ0v) is 12.2. The Morgan fingerprint density at radius 3 is 2.62 bits per heavy atom. The first-order chi connectivity index (χ1) is 7.25. The van der Waals surface area contributed by atoms with Crippen molar-refractivity contribution in [2.45, 2.75) is 6.92 Å². The van der Waals surface area contributed by atoms with E-state index in [1.807, 2.05) is 30.3 Å². The summed E-state index contributed by atoms with van der Waals surface area (Å²) in [6.45, 7) is 1.33. The van der Waals surface area contributed by atoms with Crippen molar-refractivity contribution in [3.8, 4) is 11.5 Å². The molecule has 76 valence electrons. The molecule has 0 saturated carbocycles. The van der Waals surface area contributed by atoms with Crippen LogP contribution in [0.15, 0.2) is 34.9 Å². The van der Waals surface area contributed by atoms with Gasteiger partial charge in [0.2, 0.25) is 0 Å². The molecule has 5 nitrogen and oxygen atoms in total. The number of hydrogen-bond donors (Lipinski definition) is 0. The second-order valence-corrected chi connectivity index (χ2v) is 2.90. The number of rotatable bonds is 2. The Kier molecular flexibility index (Phi) is 5.30. The number of amides is 1. The minimum Gasteiger partial charge on any atom is -0.417 e. The summed E-state index contributed by atoms with van der Waals surface area (Å²) < 4.78 is 4.94. The Bertz CT molecular complexity index is 470. The number of nitrogens with zero attached hydrogens (tertiary/aromatic N) is 3. The van der Waals surface area contributed by atoms with Crippen molar-refractivity contribution in [2.24, 2.45) is 0 Å². The molecule has 6 heteroatoms. The summed E-state index contributed by atoms with van der Waals surface area (Å²) in [5.41, 5.74) is 0.801. The number of carbonyl (C=O) groups excluding carboxylic acids is 1. The molecular weight excluding hydrogens is 233 g/mol. The van der Waals surface area contributed by atoms with Crippen molar-refractivity contribution in [3.63, 3.8) is 0 Å². The largest absolute Gasteiger partial charge is 1.00 e. The van der Waals surface area contributed by atoms with Gasteiger partial charge in [-0.15, -0.1) is 0 Å². The number of carbonyl (C=O) groups is 1. The zero-order chi connectivity index (χ0) is 10.7. The van der Waals surface area contributed by atoms with Crippen LogP contribution in [0.4, 0.5) is 5.95 Å². The summed E-state index contributed by atoms with van der Waals surface area (Å²) in [4.78, 5) is 14.6. The summed E-state index contributed by atoms with van der Waals surface area (Å²) in [6.07, 6.45) is 0. The predicted octanol–water partition coefficient (Wildman–Crippen LogP) is -0.708. The van der Waals surface area contributed by atoms with Gasteiger partial charge in [-0.1, -0.05) is 30.3 Å². The second kappa shape index (κ2) is 6.26. The van der Waals surface area contributed by atoms with Crippen LogP contribution in [0.1, 0.15) is 6.92 Å². The van der Waals surface area contributed by atoms with Crippen molar-refractivity contribution < 1.29 is 60.7 Å². The van der Waals surface area contributed by atoms with Gasteiger partial charge in [-0.25, -0.2) is 5.16 Å². The maximum absolute atomic E-state index is 10.7. The summed E-state index contributed by atoms with van der Waals surface area (Å²) in [5.74, 6) is 0.0624. The van der Waals surface area contributed by atoms with E-state index in [1.165, 1.54) is 6.92 Å². The standard InChI is InChI=1S/C10H9N3O2.K/c1-7(14)11-10-12-9(15-13-10)8-5-3-2-4-6-8;/h2-6H,1H3,(H,11,13,14);/q;+1/p-1. The van der Waals surface area contributed by atoms with E-state index in [1.54, 1.807) is 0 Å². The first-order valence-corrected chi connectivity index (χ1v) is 4.37. The molecular formula is C10H8KN3O2. The van der Waals surface area contributed by atoms with Gasteiger partial charge in [0.15, 0.2) is 11.8 Å². The van der Waals surface area contributed by atoms with E-state index in [0.717, 1.165) is 5.56 Å². The van der Waals surface area contributed by atoms with Crippen LogP contribution in [0.5, 0.6) is 0 Å². The Balaban J connectivity index is 0.00000128. The van der Waals surface area contributed by atoms with Gasteiger partial charge in [0.1, 0.15) is 0 Å². The Hall–Kier alpha value is -0.534. The van der Waals surface area contributed by atoms with Crippen molar-refractivity contribution in [1.29, 1.82) is 0 Å². The van der Waals surface area contributed by atoms with Crippen molar-refractivity contribution in [1.82, 2.24) is 10.1 Å². The van der Waals surface area contributed by atoms with Gasteiger partial charge in [-0.2, -0.15) is 0 Å². The maximum atomic E-state index is 10.7. The van der Waals surface area contributed by atoms with Crippen LogP contribution < -0.4 is 51.4 Å². The molecule has 0 radical (unpaired) electrons. The summed E-state index contributed by atoms with van der Waals surface area (Å²) in [6, 6.07) is 9.29. The van der Waals surface area contributed by atoms with Crippen LogP contribution in [0.2, 0.25) is 0 Å². The molecule has 0 bridgehead atoms. The molecule has 0 aliphatic rings. The SMILES string of the molecule is CC(=O)[N-]c1noc(-c2ccccc2)n1.[K+]. The first-order valence-electron chi connectivity index (χ1n) is 4.37. The molecule has 0 spiro atoms. The molecule has 0 aliphatic heterocycles. The van der Waals surface area contributed by atoms with Gasteiger partial charge in [0.05, 0.1) is 5.95 Å².